The first kappa shape index (κ1) is 17.3. The van der Waals surface area contributed by atoms with E-state index >= 15 is 0 Å². The summed E-state index contributed by atoms with van der Waals surface area (Å²) in [5.41, 5.74) is 1.41. The molecule has 0 bridgehead atoms. The molecular weight excluding hydrogens is 244 g/mol. The molecule has 2 atom stereocenters. The average Bonchev–Trinajstić information content (AvgIpc) is 2.86. The van der Waals surface area contributed by atoms with E-state index in [1.807, 2.05) is 6.20 Å². The molecule has 1 aromatic rings. The molecule has 116 valence electrons. The maximum Gasteiger partial charge on any atom is 0.112 e. The predicted octanol–water partition coefficient (Wildman–Crippen LogP) is 5.35. The second kappa shape index (κ2) is 7.28. The Kier molecular flexibility index (Phi) is 6.29. The zero-order chi connectivity index (χ0) is 15.3. The van der Waals surface area contributed by atoms with E-state index in [0.717, 1.165) is 24.1 Å². The number of H-pyrrole nitrogens is 1. The molecule has 1 N–H and O–H groups in total. The molecular formula is C18H34N2. The average molecular weight is 278 g/mol. The molecule has 0 aliphatic heterocycles. The molecule has 1 heterocycles. The summed E-state index contributed by atoms with van der Waals surface area (Å²) in [7, 11) is 0. The lowest BCUT2D eigenvalue weighted by Gasteiger charge is -2.34. The van der Waals surface area contributed by atoms with Crippen molar-refractivity contribution in [2.75, 3.05) is 0 Å². The van der Waals surface area contributed by atoms with Crippen molar-refractivity contribution >= 4 is 0 Å². The second-order valence-corrected chi connectivity index (χ2v) is 7.44. The molecule has 0 fully saturated rings. The minimum atomic E-state index is 0.117. The van der Waals surface area contributed by atoms with Crippen LogP contribution in [0.5, 0.6) is 0 Å². The quantitative estimate of drug-likeness (QED) is 0.682. The molecule has 2 nitrogen and oxygen atoms in total. The molecule has 0 amide bonds. The van der Waals surface area contributed by atoms with Crippen molar-refractivity contribution in [1.82, 2.24) is 9.97 Å². The van der Waals surface area contributed by atoms with E-state index in [0.29, 0.717) is 5.92 Å². The minimum Gasteiger partial charge on any atom is -0.345 e. The van der Waals surface area contributed by atoms with Gasteiger partial charge < -0.3 is 4.98 Å². The topological polar surface area (TPSA) is 28.7 Å². The van der Waals surface area contributed by atoms with E-state index in [-0.39, 0.29) is 5.41 Å². The summed E-state index contributed by atoms with van der Waals surface area (Å²) >= 11 is 0. The van der Waals surface area contributed by atoms with Gasteiger partial charge in [0, 0.05) is 17.3 Å². The monoisotopic (exact) mass is 278 g/mol. The summed E-state index contributed by atoms with van der Waals surface area (Å²) < 4.78 is 0. The summed E-state index contributed by atoms with van der Waals surface area (Å²) in [6.07, 6.45) is 6.94. The smallest absolute Gasteiger partial charge is 0.112 e. The van der Waals surface area contributed by atoms with Crippen LogP contribution in [-0.4, -0.2) is 9.97 Å². The Morgan fingerprint density at radius 1 is 1.20 bits per heavy atom. The van der Waals surface area contributed by atoms with Crippen molar-refractivity contribution in [2.45, 2.75) is 79.6 Å². The fourth-order valence-corrected chi connectivity index (χ4v) is 2.79. The van der Waals surface area contributed by atoms with Gasteiger partial charge in [0.25, 0.3) is 0 Å². The molecule has 0 aliphatic carbocycles. The fourth-order valence-electron chi connectivity index (χ4n) is 2.79. The van der Waals surface area contributed by atoms with Gasteiger partial charge in [-0.25, -0.2) is 4.98 Å². The van der Waals surface area contributed by atoms with E-state index in [1.54, 1.807) is 0 Å². The third kappa shape index (κ3) is 4.36. The number of aromatic amines is 1. The standard InChI is InChI=1S/C18H34N2/c1-8-14(4)15(5)18(6,7)17-19-12-16(20-17)11-9-10-13(2)3/h12-15H,8-11H2,1-7H3,(H,19,20). The van der Waals surface area contributed by atoms with Crippen molar-refractivity contribution in [3.63, 3.8) is 0 Å². The Hall–Kier alpha value is -0.790. The second-order valence-electron chi connectivity index (χ2n) is 7.44. The largest absolute Gasteiger partial charge is 0.345 e. The Bertz CT molecular complexity index is 390. The molecule has 0 aromatic carbocycles. The number of aryl methyl sites for hydroxylation is 1. The third-order valence-electron chi connectivity index (χ3n) is 5.10. The van der Waals surface area contributed by atoms with Crippen LogP contribution in [0.1, 0.15) is 79.2 Å². The molecule has 1 rings (SSSR count). The van der Waals surface area contributed by atoms with Gasteiger partial charge >= 0.3 is 0 Å². The lowest BCUT2D eigenvalue weighted by molar-refractivity contribution is 0.234. The van der Waals surface area contributed by atoms with Crippen LogP contribution in [0.2, 0.25) is 0 Å². The van der Waals surface area contributed by atoms with Gasteiger partial charge in [0.1, 0.15) is 5.82 Å². The number of hydrogen-bond acceptors (Lipinski definition) is 1. The summed E-state index contributed by atoms with van der Waals surface area (Å²) in [6, 6.07) is 0. The molecule has 0 saturated carbocycles. The van der Waals surface area contributed by atoms with Gasteiger partial charge in [-0.1, -0.05) is 61.3 Å². The van der Waals surface area contributed by atoms with Crippen molar-refractivity contribution < 1.29 is 0 Å². The number of nitrogens with one attached hydrogen (secondary N) is 1. The van der Waals surface area contributed by atoms with Crippen LogP contribution in [-0.2, 0) is 11.8 Å². The molecule has 0 spiro atoms. The van der Waals surface area contributed by atoms with E-state index in [1.165, 1.54) is 25.0 Å². The van der Waals surface area contributed by atoms with Gasteiger partial charge in [-0.3, -0.25) is 0 Å². The maximum absolute atomic E-state index is 4.67. The molecule has 0 aliphatic rings. The van der Waals surface area contributed by atoms with Crippen molar-refractivity contribution in [3.8, 4) is 0 Å². The van der Waals surface area contributed by atoms with Crippen molar-refractivity contribution in [3.05, 3.63) is 17.7 Å². The minimum absolute atomic E-state index is 0.117. The van der Waals surface area contributed by atoms with Crippen molar-refractivity contribution in [2.24, 2.45) is 17.8 Å². The lowest BCUT2D eigenvalue weighted by atomic mass is 9.72. The number of nitrogens with zero attached hydrogens (tertiary/aromatic N) is 1. The van der Waals surface area contributed by atoms with Crippen LogP contribution in [0.15, 0.2) is 6.20 Å². The van der Waals surface area contributed by atoms with Gasteiger partial charge in [0.05, 0.1) is 0 Å². The number of imidazole rings is 1. The summed E-state index contributed by atoms with van der Waals surface area (Å²) in [6.45, 7) is 16.2. The van der Waals surface area contributed by atoms with E-state index in [2.05, 4.69) is 58.4 Å². The highest BCUT2D eigenvalue weighted by Crippen LogP contribution is 2.35. The van der Waals surface area contributed by atoms with Gasteiger partial charge in [-0.05, 0) is 30.6 Å². The Labute approximate surface area is 125 Å². The highest BCUT2D eigenvalue weighted by Gasteiger charge is 2.33. The first-order valence-electron chi connectivity index (χ1n) is 8.33. The highest BCUT2D eigenvalue weighted by atomic mass is 14.9. The lowest BCUT2D eigenvalue weighted by Crippen LogP contribution is -2.32. The van der Waals surface area contributed by atoms with Crippen LogP contribution in [0.25, 0.3) is 0 Å². The normalized spacial score (nSPS) is 15.6. The first-order chi connectivity index (χ1) is 9.28. The highest BCUT2D eigenvalue weighted by molar-refractivity contribution is 5.12. The van der Waals surface area contributed by atoms with Gasteiger partial charge in [-0.15, -0.1) is 0 Å². The predicted molar refractivity (Wildman–Crippen MR) is 88.0 cm³/mol. The maximum atomic E-state index is 4.67. The first-order valence-corrected chi connectivity index (χ1v) is 8.33. The van der Waals surface area contributed by atoms with E-state index in [9.17, 15) is 0 Å². The molecule has 0 radical (unpaired) electrons. The van der Waals surface area contributed by atoms with E-state index in [4.69, 9.17) is 0 Å². The van der Waals surface area contributed by atoms with Gasteiger partial charge in [0.2, 0.25) is 0 Å². The fraction of sp³-hybridized carbons (Fsp3) is 0.833. The van der Waals surface area contributed by atoms with Gasteiger partial charge in [-0.2, -0.15) is 0 Å². The zero-order valence-electron chi connectivity index (χ0n) is 14.6. The zero-order valence-corrected chi connectivity index (χ0v) is 14.6. The van der Waals surface area contributed by atoms with Crippen LogP contribution in [0, 0.1) is 17.8 Å². The molecule has 2 heteroatoms. The summed E-state index contributed by atoms with van der Waals surface area (Å²) in [4.78, 5) is 8.24. The summed E-state index contributed by atoms with van der Waals surface area (Å²) in [5, 5.41) is 0. The van der Waals surface area contributed by atoms with Crippen molar-refractivity contribution in [1.29, 1.82) is 0 Å². The number of hydrogen-bond donors (Lipinski definition) is 1. The van der Waals surface area contributed by atoms with Crippen LogP contribution in [0.4, 0.5) is 0 Å². The third-order valence-corrected chi connectivity index (χ3v) is 5.10. The van der Waals surface area contributed by atoms with E-state index < -0.39 is 0 Å². The van der Waals surface area contributed by atoms with Gasteiger partial charge in [0.15, 0.2) is 0 Å². The Morgan fingerprint density at radius 2 is 1.85 bits per heavy atom. The SMILES string of the molecule is CCC(C)C(C)C(C)(C)c1ncc(CCCC(C)C)[nH]1. The molecule has 20 heavy (non-hydrogen) atoms. The Balaban J connectivity index is 2.69. The molecule has 0 saturated heterocycles. The Morgan fingerprint density at radius 3 is 2.40 bits per heavy atom. The molecule has 2 unspecified atom stereocenters. The van der Waals surface area contributed by atoms with Crippen LogP contribution >= 0.6 is 0 Å². The van der Waals surface area contributed by atoms with Crippen LogP contribution < -0.4 is 0 Å². The number of aromatic nitrogens is 2. The number of rotatable bonds is 8. The summed E-state index contributed by atoms with van der Waals surface area (Å²) in [5.74, 6) is 3.30. The van der Waals surface area contributed by atoms with Crippen LogP contribution in [0.3, 0.4) is 0 Å². The molecule has 1 aromatic heterocycles.